The van der Waals surface area contributed by atoms with Gasteiger partial charge in [0.25, 0.3) is 0 Å². The smallest absolute Gasteiger partial charge is 0.0467 e. The summed E-state index contributed by atoms with van der Waals surface area (Å²) in [7, 11) is 2.07. The van der Waals surface area contributed by atoms with Crippen LogP contribution in [-0.4, -0.2) is 7.05 Å². The maximum absolute atomic E-state index is 6.07. The number of nitrogens with two attached hydrogens (primary N) is 1. The summed E-state index contributed by atoms with van der Waals surface area (Å²) in [4.78, 5) is 2.18. The molecule has 1 unspecified atom stereocenters. The van der Waals surface area contributed by atoms with Crippen molar-refractivity contribution in [3.05, 3.63) is 58.1 Å². The number of aryl methyl sites for hydroxylation is 1. The first-order chi connectivity index (χ1) is 8.99. The summed E-state index contributed by atoms with van der Waals surface area (Å²) in [6.45, 7) is 4.11. The van der Waals surface area contributed by atoms with Gasteiger partial charge < -0.3 is 10.6 Å². The molecule has 100 valence electrons. The lowest BCUT2D eigenvalue weighted by atomic mass is 10.1. The summed E-state index contributed by atoms with van der Waals surface area (Å²) in [5, 5.41) is 0. The third-order valence-electron chi connectivity index (χ3n) is 3.23. The normalized spacial score (nSPS) is 12.3. The molecule has 2 aromatic rings. The van der Waals surface area contributed by atoms with Gasteiger partial charge in [-0.05, 0) is 49.2 Å². The molecule has 0 saturated heterocycles. The molecule has 0 aliphatic rings. The number of hydrogen-bond acceptors (Lipinski definition) is 2. The first kappa shape index (κ1) is 14.1. The highest BCUT2D eigenvalue weighted by Gasteiger charge is 2.12. The van der Waals surface area contributed by atoms with Crippen molar-refractivity contribution in [2.75, 3.05) is 11.9 Å². The number of rotatable bonds is 3. The summed E-state index contributed by atoms with van der Waals surface area (Å²) in [5.74, 6) is 0. The summed E-state index contributed by atoms with van der Waals surface area (Å²) >= 11 is 3.53. The van der Waals surface area contributed by atoms with Gasteiger partial charge in [0, 0.05) is 28.9 Å². The lowest BCUT2D eigenvalue weighted by Gasteiger charge is -2.24. The predicted molar refractivity (Wildman–Crippen MR) is 86.0 cm³/mol. The zero-order chi connectivity index (χ0) is 14.0. The average molecular weight is 319 g/mol. The molecule has 2 rings (SSSR count). The molecule has 0 saturated carbocycles. The third-order valence-corrected chi connectivity index (χ3v) is 3.73. The second kappa shape index (κ2) is 5.76. The summed E-state index contributed by atoms with van der Waals surface area (Å²) < 4.78 is 1.06. The molecule has 0 aliphatic carbocycles. The van der Waals surface area contributed by atoms with E-state index in [9.17, 15) is 0 Å². The Bertz CT molecular complexity index is 579. The van der Waals surface area contributed by atoms with Crippen molar-refractivity contribution in [3.8, 4) is 0 Å². The van der Waals surface area contributed by atoms with E-state index in [1.165, 1.54) is 11.3 Å². The van der Waals surface area contributed by atoms with Crippen LogP contribution >= 0.6 is 15.9 Å². The van der Waals surface area contributed by atoms with Gasteiger partial charge in [-0.1, -0.05) is 34.1 Å². The second-order valence-corrected chi connectivity index (χ2v) is 5.81. The van der Waals surface area contributed by atoms with Crippen LogP contribution < -0.4 is 10.6 Å². The molecule has 0 aliphatic heterocycles. The molecule has 2 N–H and O–H groups in total. The quantitative estimate of drug-likeness (QED) is 0.899. The van der Waals surface area contributed by atoms with Crippen LogP contribution in [0.5, 0.6) is 0 Å². The Morgan fingerprint density at radius 2 is 1.89 bits per heavy atom. The highest BCUT2D eigenvalue weighted by atomic mass is 79.9. The van der Waals surface area contributed by atoms with Crippen molar-refractivity contribution >= 4 is 27.3 Å². The Hall–Kier alpha value is -1.32. The number of nitrogens with zero attached hydrogens (tertiary/aromatic N) is 1. The fraction of sp³-hybridized carbons (Fsp3) is 0.250. The minimum atomic E-state index is 0.00959. The Morgan fingerprint density at radius 1 is 1.16 bits per heavy atom. The van der Waals surface area contributed by atoms with E-state index in [2.05, 4.69) is 71.2 Å². The molecular weight excluding hydrogens is 300 g/mol. The topological polar surface area (TPSA) is 29.3 Å². The number of anilines is 2. The van der Waals surface area contributed by atoms with Crippen LogP contribution in [0.4, 0.5) is 11.4 Å². The second-order valence-electron chi connectivity index (χ2n) is 4.89. The van der Waals surface area contributed by atoms with Gasteiger partial charge in [-0.3, -0.25) is 0 Å². The van der Waals surface area contributed by atoms with Crippen LogP contribution in [0.15, 0.2) is 46.9 Å². The molecule has 3 heteroatoms. The fourth-order valence-corrected chi connectivity index (χ4v) is 2.52. The summed E-state index contributed by atoms with van der Waals surface area (Å²) in [6.07, 6.45) is 0. The molecular formula is C16H19BrN2. The lowest BCUT2D eigenvalue weighted by molar-refractivity contribution is 0.815. The molecule has 0 aromatic heterocycles. The van der Waals surface area contributed by atoms with Crippen LogP contribution in [0.25, 0.3) is 0 Å². The van der Waals surface area contributed by atoms with Gasteiger partial charge in [0.15, 0.2) is 0 Å². The van der Waals surface area contributed by atoms with Crippen molar-refractivity contribution < 1.29 is 0 Å². The molecule has 0 heterocycles. The predicted octanol–water partition coefficient (Wildman–Crippen LogP) is 4.55. The molecule has 0 fully saturated rings. The largest absolute Gasteiger partial charge is 0.344 e. The average Bonchev–Trinajstić information content (AvgIpc) is 2.37. The summed E-state index contributed by atoms with van der Waals surface area (Å²) in [6, 6.07) is 14.7. The number of hydrogen-bond donors (Lipinski definition) is 1. The van der Waals surface area contributed by atoms with E-state index in [1.54, 1.807) is 0 Å². The standard InChI is InChI=1S/C16H19BrN2/c1-11-5-4-6-14(9-11)19(3)16-10-13(17)7-8-15(16)12(2)18/h4-10,12H,18H2,1-3H3. The van der Waals surface area contributed by atoms with Gasteiger partial charge in [0.05, 0.1) is 0 Å². The van der Waals surface area contributed by atoms with Crippen LogP contribution in [0.1, 0.15) is 24.1 Å². The van der Waals surface area contributed by atoms with Gasteiger partial charge in [0.2, 0.25) is 0 Å². The first-order valence-corrected chi connectivity index (χ1v) is 7.14. The highest BCUT2D eigenvalue weighted by Crippen LogP contribution is 2.32. The van der Waals surface area contributed by atoms with E-state index in [4.69, 9.17) is 5.73 Å². The van der Waals surface area contributed by atoms with Gasteiger partial charge in [-0.25, -0.2) is 0 Å². The Balaban J connectivity index is 2.48. The van der Waals surface area contributed by atoms with E-state index < -0.39 is 0 Å². The van der Waals surface area contributed by atoms with Gasteiger partial charge in [-0.2, -0.15) is 0 Å². The monoisotopic (exact) mass is 318 g/mol. The van der Waals surface area contributed by atoms with Gasteiger partial charge in [-0.15, -0.1) is 0 Å². The van der Waals surface area contributed by atoms with E-state index in [0.717, 1.165) is 15.7 Å². The fourth-order valence-electron chi connectivity index (χ4n) is 2.17. The zero-order valence-corrected chi connectivity index (χ0v) is 13.1. The van der Waals surface area contributed by atoms with E-state index in [0.29, 0.717) is 0 Å². The minimum Gasteiger partial charge on any atom is -0.344 e. The molecule has 0 bridgehead atoms. The van der Waals surface area contributed by atoms with Crippen LogP contribution in [0, 0.1) is 6.92 Å². The maximum Gasteiger partial charge on any atom is 0.0467 e. The minimum absolute atomic E-state index is 0.00959. The van der Waals surface area contributed by atoms with Crippen molar-refractivity contribution in [2.45, 2.75) is 19.9 Å². The van der Waals surface area contributed by atoms with Crippen molar-refractivity contribution in [2.24, 2.45) is 5.73 Å². The van der Waals surface area contributed by atoms with Crippen LogP contribution in [0.2, 0.25) is 0 Å². The highest BCUT2D eigenvalue weighted by molar-refractivity contribution is 9.10. The van der Waals surface area contributed by atoms with E-state index in [1.807, 2.05) is 13.0 Å². The van der Waals surface area contributed by atoms with Crippen molar-refractivity contribution in [1.29, 1.82) is 0 Å². The Morgan fingerprint density at radius 3 is 2.53 bits per heavy atom. The Labute approximate surface area is 123 Å². The van der Waals surface area contributed by atoms with Crippen LogP contribution in [-0.2, 0) is 0 Å². The van der Waals surface area contributed by atoms with E-state index >= 15 is 0 Å². The van der Waals surface area contributed by atoms with Gasteiger partial charge in [0.1, 0.15) is 0 Å². The molecule has 2 aromatic carbocycles. The van der Waals surface area contributed by atoms with Crippen LogP contribution in [0.3, 0.4) is 0 Å². The zero-order valence-electron chi connectivity index (χ0n) is 11.5. The molecule has 1 atom stereocenters. The lowest BCUT2D eigenvalue weighted by Crippen LogP contribution is -2.15. The van der Waals surface area contributed by atoms with Gasteiger partial charge >= 0.3 is 0 Å². The first-order valence-electron chi connectivity index (χ1n) is 6.34. The van der Waals surface area contributed by atoms with Crippen molar-refractivity contribution in [3.63, 3.8) is 0 Å². The number of benzene rings is 2. The third kappa shape index (κ3) is 3.17. The summed E-state index contributed by atoms with van der Waals surface area (Å²) in [5.41, 5.74) is 10.8. The molecule has 0 spiro atoms. The van der Waals surface area contributed by atoms with E-state index in [-0.39, 0.29) is 6.04 Å². The SMILES string of the molecule is Cc1cccc(N(C)c2cc(Br)ccc2C(C)N)c1. The molecule has 2 nitrogen and oxygen atoms in total. The molecule has 0 amide bonds. The number of halogens is 1. The maximum atomic E-state index is 6.07. The van der Waals surface area contributed by atoms with Crippen molar-refractivity contribution in [1.82, 2.24) is 0 Å². The Kier molecular flexibility index (Phi) is 4.27. The molecule has 0 radical (unpaired) electrons. The molecule has 19 heavy (non-hydrogen) atoms.